The summed E-state index contributed by atoms with van der Waals surface area (Å²) >= 11 is 0. The van der Waals surface area contributed by atoms with E-state index in [1.807, 2.05) is 13.8 Å². The zero-order valence-electron chi connectivity index (χ0n) is 9.74. The number of aryl methyl sites for hydroxylation is 1. The minimum atomic E-state index is -3.55. The van der Waals surface area contributed by atoms with Crippen molar-refractivity contribution in [2.24, 2.45) is 11.7 Å². The summed E-state index contributed by atoms with van der Waals surface area (Å²) in [6, 6.07) is 0. The van der Waals surface area contributed by atoms with Crippen LogP contribution in [0.4, 0.5) is 0 Å². The Bertz CT molecular complexity index is 450. The van der Waals surface area contributed by atoms with Crippen molar-refractivity contribution in [1.29, 1.82) is 0 Å². The molecule has 0 saturated heterocycles. The Balaban J connectivity index is 2.98. The summed E-state index contributed by atoms with van der Waals surface area (Å²) in [5.41, 5.74) is 6.72. The standard InChI is InChI=1S/C9H18N4O2S/c1-6(2)5-11-16(14,15)9-8(4-10)7(3)12-13-9/h6,11H,4-5,10H2,1-3H3,(H,12,13). The van der Waals surface area contributed by atoms with Crippen LogP contribution < -0.4 is 10.5 Å². The van der Waals surface area contributed by atoms with E-state index in [1.165, 1.54) is 0 Å². The first kappa shape index (κ1) is 13.1. The van der Waals surface area contributed by atoms with E-state index in [0.29, 0.717) is 17.8 Å². The summed E-state index contributed by atoms with van der Waals surface area (Å²) in [7, 11) is -3.55. The lowest BCUT2D eigenvalue weighted by molar-refractivity contribution is 0.555. The van der Waals surface area contributed by atoms with Crippen LogP contribution in [-0.2, 0) is 16.6 Å². The molecule has 92 valence electrons. The molecular formula is C9H18N4O2S. The molecule has 0 aliphatic rings. The predicted octanol–water partition coefficient (Wildman–Crippen LogP) is 0.111. The third-order valence-corrected chi connectivity index (χ3v) is 3.57. The molecule has 1 aromatic rings. The molecule has 0 fully saturated rings. The number of rotatable bonds is 5. The smallest absolute Gasteiger partial charge is 0.260 e. The molecule has 0 aromatic carbocycles. The zero-order valence-corrected chi connectivity index (χ0v) is 10.6. The van der Waals surface area contributed by atoms with Crippen molar-refractivity contribution in [3.8, 4) is 0 Å². The van der Waals surface area contributed by atoms with Gasteiger partial charge in [-0.1, -0.05) is 13.8 Å². The minimum Gasteiger partial charge on any atom is -0.326 e. The minimum absolute atomic E-state index is 0.00755. The van der Waals surface area contributed by atoms with Crippen LogP contribution in [0.15, 0.2) is 5.03 Å². The van der Waals surface area contributed by atoms with Crippen LogP contribution in [0.3, 0.4) is 0 Å². The van der Waals surface area contributed by atoms with E-state index < -0.39 is 10.0 Å². The Kier molecular flexibility index (Phi) is 4.06. The zero-order chi connectivity index (χ0) is 12.3. The van der Waals surface area contributed by atoms with E-state index in [4.69, 9.17) is 5.73 Å². The molecule has 1 rings (SSSR count). The fourth-order valence-corrected chi connectivity index (χ4v) is 2.65. The van der Waals surface area contributed by atoms with Gasteiger partial charge in [0.1, 0.15) is 0 Å². The van der Waals surface area contributed by atoms with E-state index in [2.05, 4.69) is 14.9 Å². The van der Waals surface area contributed by atoms with Gasteiger partial charge in [0.15, 0.2) is 5.03 Å². The highest BCUT2D eigenvalue weighted by Gasteiger charge is 2.22. The number of aromatic nitrogens is 2. The van der Waals surface area contributed by atoms with Gasteiger partial charge in [-0.25, -0.2) is 13.1 Å². The van der Waals surface area contributed by atoms with Crippen molar-refractivity contribution in [2.45, 2.75) is 32.3 Å². The summed E-state index contributed by atoms with van der Waals surface area (Å²) in [6.07, 6.45) is 0. The van der Waals surface area contributed by atoms with E-state index in [-0.39, 0.29) is 17.5 Å². The van der Waals surface area contributed by atoms with Crippen molar-refractivity contribution in [2.75, 3.05) is 6.54 Å². The molecule has 1 aromatic heterocycles. The number of nitrogens with zero attached hydrogens (tertiary/aromatic N) is 1. The first-order chi connectivity index (χ1) is 7.38. The number of aromatic amines is 1. The molecule has 0 atom stereocenters. The average molecular weight is 246 g/mol. The number of H-pyrrole nitrogens is 1. The van der Waals surface area contributed by atoms with Crippen LogP contribution in [-0.4, -0.2) is 25.2 Å². The predicted molar refractivity (Wildman–Crippen MR) is 61.2 cm³/mol. The topological polar surface area (TPSA) is 101 Å². The molecule has 0 saturated carbocycles. The van der Waals surface area contributed by atoms with Gasteiger partial charge < -0.3 is 5.73 Å². The van der Waals surface area contributed by atoms with E-state index in [1.54, 1.807) is 6.92 Å². The molecule has 0 radical (unpaired) electrons. The molecule has 16 heavy (non-hydrogen) atoms. The number of nitrogens with two attached hydrogens (primary N) is 1. The van der Waals surface area contributed by atoms with Crippen LogP contribution in [0.1, 0.15) is 25.1 Å². The molecular weight excluding hydrogens is 228 g/mol. The highest BCUT2D eigenvalue weighted by molar-refractivity contribution is 7.89. The van der Waals surface area contributed by atoms with Gasteiger partial charge in [-0.2, -0.15) is 5.10 Å². The second kappa shape index (κ2) is 4.94. The first-order valence-electron chi connectivity index (χ1n) is 5.12. The van der Waals surface area contributed by atoms with Crippen LogP contribution >= 0.6 is 0 Å². The maximum absolute atomic E-state index is 11.9. The maximum Gasteiger partial charge on any atom is 0.260 e. The van der Waals surface area contributed by atoms with Crippen molar-refractivity contribution in [3.05, 3.63) is 11.3 Å². The molecule has 0 unspecified atom stereocenters. The Morgan fingerprint density at radius 3 is 2.62 bits per heavy atom. The maximum atomic E-state index is 11.9. The normalized spacial score (nSPS) is 12.3. The summed E-state index contributed by atoms with van der Waals surface area (Å²) in [6.45, 7) is 6.15. The van der Waals surface area contributed by atoms with Gasteiger partial charge >= 0.3 is 0 Å². The number of nitrogens with one attached hydrogen (secondary N) is 2. The lowest BCUT2D eigenvalue weighted by atomic mass is 10.2. The second-order valence-corrected chi connectivity index (χ2v) is 5.76. The SMILES string of the molecule is Cc1[nH]nc(S(=O)(=O)NCC(C)C)c1CN. The van der Waals surface area contributed by atoms with Gasteiger partial charge in [-0.3, -0.25) is 5.10 Å². The van der Waals surface area contributed by atoms with Crippen molar-refractivity contribution in [3.63, 3.8) is 0 Å². The van der Waals surface area contributed by atoms with Crippen LogP contribution in [0, 0.1) is 12.8 Å². The Morgan fingerprint density at radius 1 is 1.50 bits per heavy atom. The largest absolute Gasteiger partial charge is 0.326 e. The van der Waals surface area contributed by atoms with Gasteiger partial charge in [-0.15, -0.1) is 0 Å². The fraction of sp³-hybridized carbons (Fsp3) is 0.667. The van der Waals surface area contributed by atoms with Gasteiger partial charge in [0.25, 0.3) is 10.0 Å². The first-order valence-corrected chi connectivity index (χ1v) is 6.60. The van der Waals surface area contributed by atoms with Crippen molar-refractivity contribution >= 4 is 10.0 Å². The monoisotopic (exact) mass is 246 g/mol. The molecule has 4 N–H and O–H groups in total. The van der Waals surface area contributed by atoms with Crippen LogP contribution in [0.5, 0.6) is 0 Å². The van der Waals surface area contributed by atoms with E-state index in [9.17, 15) is 8.42 Å². The third-order valence-electron chi connectivity index (χ3n) is 2.18. The van der Waals surface area contributed by atoms with Crippen molar-refractivity contribution < 1.29 is 8.42 Å². The van der Waals surface area contributed by atoms with E-state index in [0.717, 1.165) is 0 Å². The van der Waals surface area contributed by atoms with E-state index >= 15 is 0 Å². The lowest BCUT2D eigenvalue weighted by Crippen LogP contribution is -2.28. The highest BCUT2D eigenvalue weighted by Crippen LogP contribution is 2.15. The van der Waals surface area contributed by atoms with Gasteiger partial charge in [0.05, 0.1) is 0 Å². The van der Waals surface area contributed by atoms with Crippen molar-refractivity contribution in [1.82, 2.24) is 14.9 Å². The number of hydrogen-bond acceptors (Lipinski definition) is 4. The van der Waals surface area contributed by atoms with Gasteiger partial charge in [-0.05, 0) is 12.8 Å². The molecule has 6 nitrogen and oxygen atoms in total. The number of hydrogen-bond donors (Lipinski definition) is 3. The molecule has 0 aliphatic heterocycles. The molecule has 1 heterocycles. The summed E-state index contributed by atoms with van der Waals surface area (Å²) < 4.78 is 26.3. The fourth-order valence-electron chi connectivity index (χ4n) is 1.24. The Morgan fingerprint density at radius 2 is 2.12 bits per heavy atom. The van der Waals surface area contributed by atoms with Crippen LogP contribution in [0.25, 0.3) is 0 Å². The highest BCUT2D eigenvalue weighted by atomic mass is 32.2. The summed E-state index contributed by atoms with van der Waals surface area (Å²) in [4.78, 5) is 0. The average Bonchev–Trinajstić information content (AvgIpc) is 2.57. The Hall–Kier alpha value is -0.920. The molecule has 7 heteroatoms. The quantitative estimate of drug-likeness (QED) is 0.686. The van der Waals surface area contributed by atoms with Gasteiger partial charge in [0.2, 0.25) is 0 Å². The molecule has 0 aliphatic carbocycles. The molecule has 0 bridgehead atoms. The third kappa shape index (κ3) is 2.81. The molecule has 0 spiro atoms. The van der Waals surface area contributed by atoms with Gasteiger partial charge in [0, 0.05) is 24.3 Å². The van der Waals surface area contributed by atoms with Crippen LogP contribution in [0.2, 0.25) is 0 Å². The lowest BCUT2D eigenvalue weighted by Gasteiger charge is -2.07. The summed E-state index contributed by atoms with van der Waals surface area (Å²) in [5.74, 6) is 0.246. The Labute approximate surface area is 95.7 Å². The summed E-state index contributed by atoms with van der Waals surface area (Å²) in [5, 5.41) is 6.42. The number of sulfonamides is 1. The molecule has 0 amide bonds. The second-order valence-electron chi connectivity index (χ2n) is 4.08.